The second-order valence-electron chi connectivity index (χ2n) is 8.66. The van der Waals surface area contributed by atoms with Gasteiger partial charge in [-0.05, 0) is 56.3 Å². The van der Waals surface area contributed by atoms with Crippen LogP contribution < -0.4 is 5.73 Å². The van der Waals surface area contributed by atoms with Crippen molar-refractivity contribution in [2.45, 2.75) is 65.0 Å². The van der Waals surface area contributed by atoms with Gasteiger partial charge in [-0.25, -0.2) is 4.79 Å². The molecule has 0 aromatic carbocycles. The number of carbonyl (C=O) groups is 1. The van der Waals surface area contributed by atoms with Crippen LogP contribution in [0.4, 0.5) is 0 Å². The van der Waals surface area contributed by atoms with Crippen LogP contribution in [-0.2, 0) is 11.2 Å². The number of pyridine rings is 3. The molecule has 6 nitrogen and oxygen atoms in total. The average molecular weight is 405 g/mol. The molecule has 0 unspecified atom stereocenters. The zero-order valence-electron chi connectivity index (χ0n) is 18.2. The average Bonchev–Trinajstić information content (AvgIpc) is 2.71. The molecule has 2 N–H and O–H groups in total. The molecule has 0 bridgehead atoms. The summed E-state index contributed by atoms with van der Waals surface area (Å²) in [5, 5.41) is 2.12. The second-order valence-corrected chi connectivity index (χ2v) is 8.66. The van der Waals surface area contributed by atoms with Crippen LogP contribution in [0.3, 0.4) is 0 Å². The number of ether oxygens (including phenoxy) is 1. The Bertz CT molecular complexity index is 1140. The van der Waals surface area contributed by atoms with Gasteiger partial charge in [0.25, 0.3) is 0 Å². The molecule has 4 rings (SSSR count). The zero-order valence-corrected chi connectivity index (χ0v) is 18.2. The molecule has 4 heterocycles. The lowest BCUT2D eigenvalue weighted by Crippen LogP contribution is -2.39. The minimum Gasteiger partial charge on any atom is -0.455 e. The first-order valence-corrected chi connectivity index (χ1v) is 10.4. The van der Waals surface area contributed by atoms with Crippen molar-refractivity contribution >= 4 is 16.7 Å². The minimum absolute atomic E-state index is 0.0117. The van der Waals surface area contributed by atoms with E-state index in [0.29, 0.717) is 12.0 Å². The lowest BCUT2D eigenvalue weighted by molar-refractivity contribution is -0.0190. The number of cyclic esters (lactones) is 1. The van der Waals surface area contributed by atoms with Crippen molar-refractivity contribution in [2.75, 3.05) is 0 Å². The van der Waals surface area contributed by atoms with Gasteiger partial charge < -0.3 is 10.5 Å². The maximum absolute atomic E-state index is 12.3. The van der Waals surface area contributed by atoms with Crippen LogP contribution in [0.5, 0.6) is 0 Å². The highest BCUT2D eigenvalue weighted by Gasteiger charge is 2.40. The molecule has 156 valence electrons. The normalized spacial score (nSPS) is 18.7. The van der Waals surface area contributed by atoms with Crippen LogP contribution in [-0.4, -0.2) is 26.5 Å². The third kappa shape index (κ3) is 3.45. The Morgan fingerprint density at radius 3 is 2.67 bits per heavy atom. The van der Waals surface area contributed by atoms with E-state index in [1.807, 2.05) is 52.2 Å². The van der Waals surface area contributed by atoms with Crippen molar-refractivity contribution in [3.63, 3.8) is 0 Å². The van der Waals surface area contributed by atoms with Gasteiger partial charge in [0, 0.05) is 53.2 Å². The molecular formula is C24H28N4O2. The van der Waals surface area contributed by atoms with Gasteiger partial charge in [-0.15, -0.1) is 0 Å². The topological polar surface area (TPSA) is 91.0 Å². The van der Waals surface area contributed by atoms with Gasteiger partial charge in [-0.1, -0.05) is 13.8 Å². The summed E-state index contributed by atoms with van der Waals surface area (Å²) < 4.78 is 5.57. The lowest BCUT2D eigenvalue weighted by atomic mass is 9.84. The summed E-state index contributed by atoms with van der Waals surface area (Å²) in [6.07, 6.45) is 5.17. The monoisotopic (exact) mass is 404 g/mol. The molecule has 0 saturated heterocycles. The maximum atomic E-state index is 12.3. The Kier molecular flexibility index (Phi) is 5.06. The highest BCUT2D eigenvalue weighted by atomic mass is 16.6. The van der Waals surface area contributed by atoms with Crippen molar-refractivity contribution in [2.24, 2.45) is 5.73 Å². The van der Waals surface area contributed by atoms with Gasteiger partial charge in [0.05, 0.1) is 11.3 Å². The van der Waals surface area contributed by atoms with E-state index in [9.17, 15) is 4.79 Å². The fourth-order valence-electron chi connectivity index (χ4n) is 3.96. The number of esters is 1. The van der Waals surface area contributed by atoms with E-state index in [4.69, 9.17) is 15.5 Å². The fraction of sp³-hybridized carbons (Fsp3) is 0.417. The first-order valence-electron chi connectivity index (χ1n) is 10.4. The van der Waals surface area contributed by atoms with Crippen LogP contribution in [0.1, 0.15) is 84.8 Å². The Morgan fingerprint density at radius 1 is 1.17 bits per heavy atom. The van der Waals surface area contributed by atoms with Crippen molar-refractivity contribution in [3.05, 3.63) is 64.5 Å². The number of aryl methyl sites for hydroxylation is 1. The molecule has 1 aliphatic rings. The second kappa shape index (κ2) is 7.43. The largest absolute Gasteiger partial charge is 0.455 e. The van der Waals surface area contributed by atoms with E-state index < -0.39 is 5.60 Å². The molecule has 3 aromatic heterocycles. The zero-order chi connectivity index (χ0) is 21.6. The number of nitrogens with zero attached hydrogens (tertiary/aromatic N) is 3. The molecule has 30 heavy (non-hydrogen) atoms. The molecule has 0 fully saturated rings. The van der Waals surface area contributed by atoms with Gasteiger partial charge in [0.2, 0.25) is 0 Å². The first-order chi connectivity index (χ1) is 14.2. The molecule has 0 radical (unpaired) electrons. The third-order valence-corrected chi connectivity index (χ3v) is 6.27. The number of rotatable bonds is 4. The van der Waals surface area contributed by atoms with Crippen molar-refractivity contribution < 1.29 is 9.53 Å². The molecule has 3 aromatic rings. The third-order valence-electron chi connectivity index (χ3n) is 6.27. The molecule has 1 aliphatic heterocycles. The summed E-state index contributed by atoms with van der Waals surface area (Å²) in [5.41, 5.74) is 10.9. The fourth-order valence-corrected chi connectivity index (χ4v) is 3.96. The highest BCUT2D eigenvalue weighted by molar-refractivity contribution is 5.92. The van der Waals surface area contributed by atoms with E-state index in [1.54, 1.807) is 0 Å². The first kappa shape index (κ1) is 20.4. The summed E-state index contributed by atoms with van der Waals surface area (Å²) in [6.45, 7) is 9.95. The Hall–Kier alpha value is -2.86. The summed E-state index contributed by atoms with van der Waals surface area (Å²) in [6, 6.07) is 5.73. The highest BCUT2D eigenvalue weighted by Crippen LogP contribution is 2.37. The van der Waals surface area contributed by atoms with Crippen LogP contribution in [0, 0.1) is 6.92 Å². The molecule has 2 atom stereocenters. The number of hydrogen-bond acceptors (Lipinski definition) is 6. The van der Waals surface area contributed by atoms with E-state index in [1.165, 1.54) is 0 Å². The standard InChI is InChI=1S/C24H28N4O2/c1-6-21(25)20-12-26-14(3)19-11-27-16(10-18(19)20)9-15-7-8-17-22(28-15)13(2)24(4,5)30-23(17)29/h7-8,10-13,21H,6,9,25H2,1-5H3/t13-,21+/m1/s1. The SMILES string of the molecule is CC[C@H](N)c1cnc(C)c2cnc(Cc3ccc4c(n3)[C@@H](C)C(C)(C)OC4=O)cc12. The Balaban J connectivity index is 1.73. The maximum Gasteiger partial charge on any atom is 0.340 e. The molecule has 0 amide bonds. The molecule has 0 spiro atoms. The smallest absolute Gasteiger partial charge is 0.340 e. The van der Waals surface area contributed by atoms with Gasteiger partial charge >= 0.3 is 5.97 Å². The number of aromatic nitrogens is 3. The quantitative estimate of drug-likeness (QED) is 0.649. The van der Waals surface area contributed by atoms with Crippen molar-refractivity contribution in [1.82, 2.24) is 15.0 Å². The van der Waals surface area contributed by atoms with Crippen LogP contribution >= 0.6 is 0 Å². The van der Waals surface area contributed by atoms with Crippen LogP contribution in [0.15, 0.2) is 30.6 Å². The Morgan fingerprint density at radius 2 is 1.93 bits per heavy atom. The number of carbonyl (C=O) groups excluding carboxylic acids is 1. The number of fused-ring (bicyclic) bond motifs is 2. The molecule has 6 heteroatoms. The predicted octanol–water partition coefficient (Wildman–Crippen LogP) is 4.39. The predicted molar refractivity (Wildman–Crippen MR) is 116 cm³/mol. The van der Waals surface area contributed by atoms with E-state index in [-0.39, 0.29) is 17.9 Å². The van der Waals surface area contributed by atoms with Gasteiger partial charge in [-0.3, -0.25) is 15.0 Å². The lowest BCUT2D eigenvalue weighted by Gasteiger charge is -2.36. The summed E-state index contributed by atoms with van der Waals surface area (Å²) in [7, 11) is 0. The van der Waals surface area contributed by atoms with Crippen LogP contribution in [0.2, 0.25) is 0 Å². The Labute approximate surface area is 176 Å². The minimum atomic E-state index is -0.577. The van der Waals surface area contributed by atoms with Crippen LogP contribution in [0.25, 0.3) is 10.8 Å². The molecular weight excluding hydrogens is 376 g/mol. The molecule has 0 aliphatic carbocycles. The summed E-state index contributed by atoms with van der Waals surface area (Å²) in [5.74, 6) is -0.297. The summed E-state index contributed by atoms with van der Waals surface area (Å²) in [4.78, 5) is 26.3. The van der Waals surface area contributed by atoms with E-state index in [0.717, 1.165) is 45.5 Å². The van der Waals surface area contributed by atoms with E-state index >= 15 is 0 Å². The number of nitrogens with two attached hydrogens (primary N) is 1. The number of hydrogen-bond donors (Lipinski definition) is 1. The van der Waals surface area contributed by atoms with Gasteiger partial charge in [0.1, 0.15) is 5.60 Å². The van der Waals surface area contributed by atoms with Crippen molar-refractivity contribution in [3.8, 4) is 0 Å². The summed E-state index contributed by atoms with van der Waals surface area (Å²) >= 11 is 0. The van der Waals surface area contributed by atoms with Crippen molar-refractivity contribution in [1.29, 1.82) is 0 Å². The molecule has 0 saturated carbocycles. The van der Waals surface area contributed by atoms with Gasteiger partial charge in [0.15, 0.2) is 0 Å². The van der Waals surface area contributed by atoms with E-state index in [2.05, 4.69) is 23.0 Å². The van der Waals surface area contributed by atoms with Gasteiger partial charge in [-0.2, -0.15) is 0 Å².